The first-order chi connectivity index (χ1) is 13.6. The molecule has 0 spiro atoms. The highest BCUT2D eigenvalue weighted by Gasteiger charge is 2.60. The number of alkyl halides is 6. The van der Waals surface area contributed by atoms with Gasteiger partial charge in [-0.1, -0.05) is 0 Å². The molecule has 0 radical (unpaired) electrons. The van der Waals surface area contributed by atoms with E-state index in [0.29, 0.717) is 6.54 Å². The van der Waals surface area contributed by atoms with Crippen LogP contribution < -0.4 is 5.32 Å². The molecule has 0 aliphatic carbocycles. The minimum atomic E-state index is -5.81. The molecular weight excluding hydrogens is 414 g/mol. The summed E-state index contributed by atoms with van der Waals surface area (Å²) in [7, 11) is 0. The predicted octanol–water partition coefficient (Wildman–Crippen LogP) is 2.06. The number of halogens is 6. The van der Waals surface area contributed by atoms with Crippen LogP contribution in [-0.4, -0.2) is 65.0 Å². The summed E-state index contributed by atoms with van der Waals surface area (Å²) in [5, 5.41) is 2.75. The molecule has 14 heteroatoms. The second kappa shape index (κ2) is 8.02. The number of piperazine rings is 1. The molecule has 1 fully saturated rings. The van der Waals surface area contributed by atoms with Crippen molar-refractivity contribution in [2.75, 3.05) is 19.6 Å². The Morgan fingerprint density at radius 1 is 1.10 bits per heavy atom. The predicted molar refractivity (Wildman–Crippen MR) is 80.2 cm³/mol. The monoisotopic (exact) mass is 428 g/mol. The highest BCUT2D eigenvalue weighted by Crippen LogP contribution is 2.37. The van der Waals surface area contributed by atoms with Crippen molar-refractivity contribution in [3.63, 3.8) is 0 Å². The van der Waals surface area contributed by atoms with Crippen molar-refractivity contribution in [3.8, 4) is 0 Å². The summed E-state index contributed by atoms with van der Waals surface area (Å²) in [6, 6.07) is -2.39. The minimum Gasteiger partial charge on any atom is -0.451 e. The molecular formula is C15H14F6N4O4. The van der Waals surface area contributed by atoms with Crippen LogP contribution in [0.4, 0.5) is 26.3 Å². The molecule has 0 bridgehead atoms. The standard InChI is InChI=1S/C15H14F6N4O4/c16-14(17,18)13(15(19,20)21)29-12(26)10-3-22-1-2-25(10)11(8-4-27-6-23-8)9-5-28-7-24-9/h4-7,10-11,13,22H,1-3H2. The number of carbonyl (C=O) groups is 1. The Morgan fingerprint density at radius 3 is 2.10 bits per heavy atom. The number of esters is 1. The van der Waals surface area contributed by atoms with Crippen LogP contribution in [0.15, 0.2) is 34.1 Å². The van der Waals surface area contributed by atoms with Crippen LogP contribution in [0.2, 0.25) is 0 Å². The lowest BCUT2D eigenvalue weighted by atomic mass is 10.0. The molecule has 1 aliphatic heterocycles. The lowest BCUT2D eigenvalue weighted by Crippen LogP contribution is -2.58. The average molecular weight is 428 g/mol. The Hall–Kier alpha value is -2.61. The maximum atomic E-state index is 12.8. The van der Waals surface area contributed by atoms with Gasteiger partial charge in [-0.25, -0.2) is 9.97 Å². The Kier molecular flexibility index (Phi) is 5.84. The van der Waals surface area contributed by atoms with Crippen LogP contribution in [0.3, 0.4) is 0 Å². The number of nitrogens with one attached hydrogen (secondary N) is 1. The summed E-state index contributed by atoms with van der Waals surface area (Å²) < 4.78 is 90.3. The van der Waals surface area contributed by atoms with E-state index in [9.17, 15) is 31.1 Å². The third-order valence-corrected chi connectivity index (χ3v) is 4.18. The fraction of sp³-hybridized carbons (Fsp3) is 0.533. The summed E-state index contributed by atoms with van der Waals surface area (Å²) in [5.41, 5.74) is 0.476. The van der Waals surface area contributed by atoms with Gasteiger partial charge in [0.2, 0.25) is 0 Å². The first-order valence-electron chi connectivity index (χ1n) is 8.15. The summed E-state index contributed by atoms with van der Waals surface area (Å²) in [6.07, 6.45) is -11.2. The molecule has 2 aromatic heterocycles. The van der Waals surface area contributed by atoms with Crippen molar-refractivity contribution in [1.29, 1.82) is 0 Å². The smallest absolute Gasteiger partial charge is 0.434 e. The van der Waals surface area contributed by atoms with Gasteiger partial charge in [-0.3, -0.25) is 9.69 Å². The molecule has 29 heavy (non-hydrogen) atoms. The van der Waals surface area contributed by atoms with E-state index in [-0.39, 0.29) is 24.5 Å². The zero-order chi connectivity index (χ0) is 21.2. The van der Waals surface area contributed by atoms with Gasteiger partial charge in [0.15, 0.2) is 12.8 Å². The fourth-order valence-corrected chi connectivity index (χ4v) is 2.97. The van der Waals surface area contributed by atoms with Gasteiger partial charge < -0.3 is 18.9 Å². The van der Waals surface area contributed by atoms with Crippen LogP contribution in [0, 0.1) is 0 Å². The van der Waals surface area contributed by atoms with Gasteiger partial charge in [0.25, 0.3) is 6.10 Å². The normalized spacial score (nSPS) is 19.1. The van der Waals surface area contributed by atoms with E-state index < -0.39 is 36.5 Å². The molecule has 0 aromatic carbocycles. The summed E-state index contributed by atoms with van der Waals surface area (Å²) in [6.45, 7) is 0.137. The van der Waals surface area contributed by atoms with Crippen molar-refractivity contribution in [1.82, 2.24) is 20.2 Å². The van der Waals surface area contributed by atoms with Crippen molar-refractivity contribution in [3.05, 3.63) is 36.7 Å². The van der Waals surface area contributed by atoms with Crippen molar-refractivity contribution in [2.45, 2.75) is 30.5 Å². The van der Waals surface area contributed by atoms with E-state index in [1.807, 2.05) is 0 Å². The molecule has 160 valence electrons. The number of nitrogens with zero attached hydrogens (tertiary/aromatic N) is 3. The Bertz CT molecular complexity index is 745. The second-order valence-corrected chi connectivity index (χ2v) is 6.09. The molecule has 0 saturated carbocycles. The van der Waals surface area contributed by atoms with Crippen LogP contribution in [0.1, 0.15) is 17.4 Å². The molecule has 1 N–H and O–H groups in total. The molecule has 3 heterocycles. The van der Waals surface area contributed by atoms with E-state index in [1.54, 1.807) is 0 Å². The SMILES string of the molecule is O=C(OC(C(F)(F)F)C(F)(F)F)C1CNCCN1C(c1cocn1)c1cocn1. The number of hydrogen-bond acceptors (Lipinski definition) is 8. The van der Waals surface area contributed by atoms with Gasteiger partial charge in [-0.05, 0) is 0 Å². The Labute approximate surface area is 158 Å². The van der Waals surface area contributed by atoms with Crippen molar-refractivity contribution >= 4 is 5.97 Å². The largest absolute Gasteiger partial charge is 0.451 e. The van der Waals surface area contributed by atoms with E-state index in [2.05, 4.69) is 20.0 Å². The van der Waals surface area contributed by atoms with Gasteiger partial charge in [0.1, 0.15) is 36.0 Å². The molecule has 2 aromatic rings. The number of aromatic nitrogens is 2. The fourth-order valence-electron chi connectivity index (χ4n) is 2.97. The van der Waals surface area contributed by atoms with E-state index in [1.165, 1.54) is 17.4 Å². The third kappa shape index (κ3) is 4.70. The van der Waals surface area contributed by atoms with Crippen LogP contribution >= 0.6 is 0 Å². The van der Waals surface area contributed by atoms with Gasteiger partial charge in [0, 0.05) is 19.6 Å². The summed E-state index contributed by atoms with van der Waals surface area (Å²) >= 11 is 0. The van der Waals surface area contributed by atoms with Crippen LogP contribution in [0.25, 0.3) is 0 Å². The van der Waals surface area contributed by atoms with Crippen molar-refractivity contribution in [2.24, 2.45) is 0 Å². The van der Waals surface area contributed by atoms with Crippen LogP contribution in [0.5, 0.6) is 0 Å². The number of ether oxygens (including phenoxy) is 1. The van der Waals surface area contributed by atoms with E-state index in [0.717, 1.165) is 12.8 Å². The van der Waals surface area contributed by atoms with Gasteiger partial charge in [-0.15, -0.1) is 0 Å². The number of hydrogen-bond donors (Lipinski definition) is 1. The van der Waals surface area contributed by atoms with E-state index in [4.69, 9.17) is 8.83 Å². The topological polar surface area (TPSA) is 93.6 Å². The average Bonchev–Trinajstić information content (AvgIpc) is 3.33. The lowest BCUT2D eigenvalue weighted by molar-refractivity contribution is -0.314. The highest BCUT2D eigenvalue weighted by molar-refractivity contribution is 5.76. The zero-order valence-corrected chi connectivity index (χ0v) is 14.4. The van der Waals surface area contributed by atoms with Crippen molar-refractivity contribution < 1.29 is 44.7 Å². The van der Waals surface area contributed by atoms with Crippen LogP contribution in [-0.2, 0) is 9.53 Å². The van der Waals surface area contributed by atoms with Gasteiger partial charge in [-0.2, -0.15) is 26.3 Å². The third-order valence-electron chi connectivity index (χ3n) is 4.18. The summed E-state index contributed by atoms with van der Waals surface area (Å²) in [5.74, 6) is -1.69. The first kappa shape index (κ1) is 21.1. The number of oxazole rings is 2. The van der Waals surface area contributed by atoms with E-state index >= 15 is 0 Å². The Morgan fingerprint density at radius 2 is 1.66 bits per heavy atom. The number of rotatable bonds is 5. The van der Waals surface area contributed by atoms with Gasteiger partial charge in [0.05, 0.1) is 0 Å². The Balaban J connectivity index is 1.89. The maximum absolute atomic E-state index is 12.8. The zero-order valence-electron chi connectivity index (χ0n) is 14.4. The maximum Gasteiger partial charge on any atom is 0.434 e. The number of carbonyl (C=O) groups excluding carboxylic acids is 1. The molecule has 8 nitrogen and oxygen atoms in total. The quantitative estimate of drug-likeness (QED) is 0.572. The van der Waals surface area contributed by atoms with Gasteiger partial charge >= 0.3 is 18.3 Å². The molecule has 1 atom stereocenters. The molecule has 1 unspecified atom stereocenters. The molecule has 1 aliphatic rings. The minimum absolute atomic E-state index is 0.0762. The second-order valence-electron chi connectivity index (χ2n) is 6.09. The molecule has 3 rings (SSSR count). The highest BCUT2D eigenvalue weighted by atomic mass is 19.4. The summed E-state index contributed by atoms with van der Waals surface area (Å²) in [4.78, 5) is 21.6. The molecule has 1 saturated heterocycles. The lowest BCUT2D eigenvalue weighted by Gasteiger charge is -2.39. The molecule has 0 amide bonds. The first-order valence-corrected chi connectivity index (χ1v) is 8.15.